The smallest absolute Gasteiger partial charge is 0.333 e. The average Bonchev–Trinajstić information content (AvgIpc) is 2.85. The first-order valence-electron chi connectivity index (χ1n) is 11.3. The molecule has 0 atom stereocenters. The molecule has 0 saturated heterocycles. The molecule has 3 aliphatic carbocycles. The second-order valence-corrected chi connectivity index (χ2v) is 8.79. The van der Waals surface area contributed by atoms with Gasteiger partial charge in [0.1, 0.15) is 11.5 Å². The average molecular weight is 441 g/mol. The van der Waals surface area contributed by atoms with Crippen molar-refractivity contribution in [2.24, 2.45) is 0 Å². The topological polar surface area (TPSA) is 44.8 Å². The zero-order valence-electron chi connectivity index (χ0n) is 19.3. The van der Waals surface area contributed by atoms with E-state index in [0.717, 1.165) is 23.5 Å². The van der Waals surface area contributed by atoms with Crippen LogP contribution in [0.3, 0.4) is 0 Å². The Kier molecular flexibility index (Phi) is 5.24. The Labute approximate surface area is 194 Å². The number of carbonyl (C=O) groups excluding carboxylic acids is 1. The second kappa shape index (κ2) is 8.11. The van der Waals surface area contributed by atoms with Crippen LogP contribution < -0.4 is 9.47 Å². The van der Waals surface area contributed by atoms with E-state index in [0.29, 0.717) is 18.6 Å². The molecular formula is C29H28O4. The fourth-order valence-corrected chi connectivity index (χ4v) is 5.84. The highest BCUT2D eigenvalue weighted by Gasteiger charge is 2.53. The first-order valence-corrected chi connectivity index (χ1v) is 11.3. The number of hydrogen-bond donors (Lipinski definition) is 0. The molecule has 3 aromatic rings. The Hall–Kier alpha value is -3.53. The molecule has 33 heavy (non-hydrogen) atoms. The van der Waals surface area contributed by atoms with Gasteiger partial charge in [0.2, 0.25) is 0 Å². The molecule has 0 amide bonds. The van der Waals surface area contributed by atoms with Crippen LogP contribution in [-0.2, 0) is 14.9 Å². The van der Waals surface area contributed by atoms with Crippen molar-refractivity contribution in [1.29, 1.82) is 0 Å². The summed E-state index contributed by atoms with van der Waals surface area (Å²) in [6.45, 7) is 5.69. The summed E-state index contributed by atoms with van der Waals surface area (Å²) < 4.78 is 17.3. The molecule has 0 saturated carbocycles. The minimum Gasteiger partial charge on any atom is -0.496 e. The number of hydrogen-bond acceptors (Lipinski definition) is 4. The van der Waals surface area contributed by atoms with Crippen LogP contribution in [-0.4, -0.2) is 26.8 Å². The number of benzene rings is 3. The molecule has 0 spiro atoms. The zero-order chi connectivity index (χ0) is 23.2. The van der Waals surface area contributed by atoms with Gasteiger partial charge < -0.3 is 14.2 Å². The van der Waals surface area contributed by atoms with Crippen LogP contribution in [0.15, 0.2) is 72.8 Å². The van der Waals surface area contributed by atoms with Crippen molar-refractivity contribution in [3.8, 4) is 11.5 Å². The Morgan fingerprint density at radius 3 is 2.06 bits per heavy atom. The van der Waals surface area contributed by atoms with Gasteiger partial charge in [-0.2, -0.15) is 0 Å². The molecule has 0 N–H and O–H groups in total. The van der Waals surface area contributed by atoms with Crippen molar-refractivity contribution >= 4 is 5.97 Å². The number of carbonyl (C=O) groups is 1. The Morgan fingerprint density at radius 2 is 1.48 bits per heavy atom. The lowest BCUT2D eigenvalue weighted by Crippen LogP contribution is -2.43. The SMILES string of the molecule is C=C(C)C(=O)OCCCC12c3ccccc3C(c3ccccc31)c1c(OC)ccc(OC)c12. The third-order valence-electron chi connectivity index (χ3n) is 7.06. The molecule has 168 valence electrons. The van der Waals surface area contributed by atoms with E-state index in [2.05, 4.69) is 55.1 Å². The quantitative estimate of drug-likeness (QED) is 0.267. The van der Waals surface area contributed by atoms with Crippen LogP contribution in [0.4, 0.5) is 0 Å². The molecule has 0 radical (unpaired) electrons. The van der Waals surface area contributed by atoms with Crippen molar-refractivity contribution in [1.82, 2.24) is 0 Å². The lowest BCUT2D eigenvalue weighted by atomic mass is 9.51. The summed E-state index contributed by atoms with van der Waals surface area (Å²) in [5.41, 5.74) is 7.51. The van der Waals surface area contributed by atoms with E-state index in [4.69, 9.17) is 14.2 Å². The van der Waals surface area contributed by atoms with Crippen molar-refractivity contribution in [3.63, 3.8) is 0 Å². The van der Waals surface area contributed by atoms with Crippen LogP contribution in [0.5, 0.6) is 11.5 Å². The van der Waals surface area contributed by atoms with Gasteiger partial charge in [-0.1, -0.05) is 55.1 Å². The summed E-state index contributed by atoms with van der Waals surface area (Å²) in [5.74, 6) is 1.47. The summed E-state index contributed by atoms with van der Waals surface area (Å²) >= 11 is 0. The predicted octanol–water partition coefficient (Wildman–Crippen LogP) is 5.74. The van der Waals surface area contributed by atoms with Gasteiger partial charge in [-0.3, -0.25) is 0 Å². The largest absolute Gasteiger partial charge is 0.496 e. The normalized spacial score (nSPS) is 19.2. The Balaban J connectivity index is 1.73. The van der Waals surface area contributed by atoms with Crippen LogP contribution in [0.1, 0.15) is 59.1 Å². The van der Waals surface area contributed by atoms with E-state index >= 15 is 0 Å². The van der Waals surface area contributed by atoms with Crippen LogP contribution in [0.25, 0.3) is 0 Å². The molecular weight excluding hydrogens is 412 g/mol. The van der Waals surface area contributed by atoms with Gasteiger partial charge >= 0.3 is 5.97 Å². The van der Waals surface area contributed by atoms with Crippen molar-refractivity contribution in [3.05, 3.63) is 106 Å². The second-order valence-electron chi connectivity index (χ2n) is 8.79. The first kappa shape index (κ1) is 21.3. The Bertz CT molecular complexity index is 1210. The van der Waals surface area contributed by atoms with Crippen LogP contribution in [0.2, 0.25) is 0 Å². The van der Waals surface area contributed by atoms with E-state index in [-0.39, 0.29) is 11.9 Å². The number of rotatable bonds is 7. The van der Waals surface area contributed by atoms with Gasteiger partial charge in [0.05, 0.1) is 20.8 Å². The zero-order valence-corrected chi connectivity index (χ0v) is 19.3. The summed E-state index contributed by atoms with van der Waals surface area (Å²) in [4.78, 5) is 12.0. The molecule has 3 aromatic carbocycles. The Morgan fingerprint density at radius 1 is 0.909 bits per heavy atom. The summed E-state index contributed by atoms with van der Waals surface area (Å²) in [6, 6.07) is 21.4. The third kappa shape index (κ3) is 3.01. The van der Waals surface area contributed by atoms with E-state index in [1.165, 1.54) is 27.8 Å². The van der Waals surface area contributed by atoms with E-state index in [9.17, 15) is 4.79 Å². The molecule has 0 aromatic heterocycles. The standard InChI is InChI=1S/C29H28O4/c1-18(2)28(30)33-17-9-16-29-21-12-7-5-10-19(21)25(20-11-6-8-13-22(20)29)26-23(31-3)14-15-24(32-4)27(26)29/h5-8,10-15,25H,1,9,16-17H2,2-4H3. The van der Waals surface area contributed by atoms with E-state index < -0.39 is 5.41 Å². The maximum atomic E-state index is 12.0. The van der Waals surface area contributed by atoms with Gasteiger partial charge in [0, 0.05) is 28.0 Å². The van der Waals surface area contributed by atoms with Gasteiger partial charge in [-0.05, 0) is 54.2 Å². The molecule has 0 fully saturated rings. The van der Waals surface area contributed by atoms with Crippen molar-refractivity contribution in [2.45, 2.75) is 31.1 Å². The summed E-state index contributed by atoms with van der Waals surface area (Å²) in [5, 5.41) is 0. The number of ether oxygens (including phenoxy) is 3. The van der Waals surface area contributed by atoms with Gasteiger partial charge in [0.15, 0.2) is 0 Å². The maximum absolute atomic E-state index is 12.0. The summed E-state index contributed by atoms with van der Waals surface area (Å²) in [7, 11) is 3.45. The summed E-state index contributed by atoms with van der Waals surface area (Å²) in [6.07, 6.45) is 1.47. The number of esters is 1. The highest BCUT2D eigenvalue weighted by atomic mass is 16.5. The van der Waals surface area contributed by atoms with Gasteiger partial charge in [-0.15, -0.1) is 0 Å². The van der Waals surface area contributed by atoms with Crippen molar-refractivity contribution in [2.75, 3.05) is 20.8 Å². The molecule has 6 rings (SSSR count). The molecule has 0 aliphatic heterocycles. The minimum absolute atomic E-state index is 0.0839. The first-order chi connectivity index (χ1) is 16.0. The highest BCUT2D eigenvalue weighted by Crippen LogP contribution is 2.64. The molecule has 2 bridgehead atoms. The fourth-order valence-electron chi connectivity index (χ4n) is 5.84. The van der Waals surface area contributed by atoms with E-state index in [1.807, 2.05) is 12.1 Å². The molecule has 0 heterocycles. The lowest BCUT2D eigenvalue weighted by molar-refractivity contribution is -0.139. The van der Waals surface area contributed by atoms with Crippen LogP contribution in [0, 0.1) is 0 Å². The third-order valence-corrected chi connectivity index (χ3v) is 7.06. The molecule has 4 heteroatoms. The predicted molar refractivity (Wildman–Crippen MR) is 128 cm³/mol. The molecule has 4 nitrogen and oxygen atoms in total. The monoisotopic (exact) mass is 440 g/mol. The minimum atomic E-state index is -0.424. The maximum Gasteiger partial charge on any atom is 0.333 e. The van der Waals surface area contributed by atoms with Crippen LogP contribution >= 0.6 is 0 Å². The lowest BCUT2D eigenvalue weighted by Gasteiger charge is -2.51. The fraction of sp³-hybridized carbons (Fsp3) is 0.276. The molecule has 3 aliphatic rings. The van der Waals surface area contributed by atoms with Gasteiger partial charge in [0.25, 0.3) is 0 Å². The van der Waals surface area contributed by atoms with E-state index in [1.54, 1.807) is 21.1 Å². The van der Waals surface area contributed by atoms with Crippen molar-refractivity contribution < 1.29 is 19.0 Å². The van der Waals surface area contributed by atoms with Gasteiger partial charge in [-0.25, -0.2) is 4.79 Å². The molecule has 0 unspecified atom stereocenters. The number of methoxy groups -OCH3 is 2. The highest BCUT2D eigenvalue weighted by molar-refractivity contribution is 5.86.